The van der Waals surface area contributed by atoms with Gasteiger partial charge in [-0.15, -0.1) is 0 Å². The van der Waals surface area contributed by atoms with Crippen LogP contribution in [0.15, 0.2) is 40.3 Å². The van der Waals surface area contributed by atoms with Gasteiger partial charge in [0, 0.05) is 11.1 Å². The van der Waals surface area contributed by atoms with Crippen LogP contribution in [0.3, 0.4) is 0 Å². The number of carbonyl (C=O) groups excluding carboxylic acids is 1. The maximum atomic E-state index is 14.1. The highest BCUT2D eigenvalue weighted by atomic mass is 32.2. The number of rotatable bonds is 7. The summed E-state index contributed by atoms with van der Waals surface area (Å²) in [6, 6.07) is 6.78. The number of pyridine rings is 1. The van der Waals surface area contributed by atoms with Gasteiger partial charge in [-0.2, -0.15) is 18.4 Å². The van der Waals surface area contributed by atoms with Crippen LogP contribution in [0.1, 0.15) is 12.5 Å². The Morgan fingerprint density at radius 2 is 2.11 bits per heavy atom. The van der Waals surface area contributed by atoms with Crippen molar-refractivity contribution in [3.8, 4) is 11.9 Å². The van der Waals surface area contributed by atoms with Crippen molar-refractivity contribution >= 4 is 23.2 Å². The van der Waals surface area contributed by atoms with Crippen molar-refractivity contribution in [2.75, 3.05) is 18.2 Å². The lowest BCUT2D eigenvalue weighted by atomic mass is 10.2. The largest absolute Gasteiger partial charge is 0.469 e. The standard InChI is InChI=1S/C17H14F4N4O2S/c1-10(26)8-27-16-14(3-2-4-24-16)28-15-6-13(12(18)5-11(15)7-22)25(23)9-17(19,20)21/h2-6H,8-9,23H2,1H3. The summed E-state index contributed by atoms with van der Waals surface area (Å²) in [5.41, 5.74) is -0.623. The molecule has 0 aliphatic carbocycles. The molecule has 148 valence electrons. The second kappa shape index (κ2) is 8.90. The maximum absolute atomic E-state index is 14.1. The number of benzene rings is 1. The van der Waals surface area contributed by atoms with E-state index in [1.807, 2.05) is 0 Å². The summed E-state index contributed by atoms with van der Waals surface area (Å²) in [5, 5.41) is 9.46. The van der Waals surface area contributed by atoms with Crippen LogP contribution < -0.4 is 15.6 Å². The molecule has 1 heterocycles. The van der Waals surface area contributed by atoms with Crippen LogP contribution in [0.25, 0.3) is 0 Å². The SMILES string of the molecule is CC(=O)COc1ncccc1Sc1cc(N(N)CC(F)(F)F)c(F)cc1C#N. The monoisotopic (exact) mass is 414 g/mol. The first-order valence-corrected chi connectivity index (χ1v) is 8.50. The molecular weight excluding hydrogens is 400 g/mol. The van der Waals surface area contributed by atoms with Gasteiger partial charge in [-0.05, 0) is 31.2 Å². The van der Waals surface area contributed by atoms with E-state index >= 15 is 0 Å². The number of hydrazine groups is 1. The van der Waals surface area contributed by atoms with Crippen molar-refractivity contribution in [3.63, 3.8) is 0 Å². The minimum Gasteiger partial charge on any atom is -0.469 e. The number of nitrogens with two attached hydrogens (primary N) is 1. The molecule has 2 N–H and O–H groups in total. The molecule has 0 amide bonds. The minimum atomic E-state index is -4.64. The van der Waals surface area contributed by atoms with Crippen molar-refractivity contribution in [1.82, 2.24) is 4.98 Å². The Bertz CT molecular complexity index is 915. The number of ketones is 1. The number of aromatic nitrogens is 1. The van der Waals surface area contributed by atoms with Gasteiger partial charge in [0.05, 0.1) is 16.1 Å². The summed E-state index contributed by atoms with van der Waals surface area (Å²) in [7, 11) is 0. The molecule has 0 aliphatic rings. The molecule has 1 aromatic heterocycles. The van der Waals surface area contributed by atoms with Gasteiger partial charge in [-0.3, -0.25) is 9.80 Å². The molecule has 0 fully saturated rings. The lowest BCUT2D eigenvalue weighted by Gasteiger charge is -2.22. The number of nitrogens with zero attached hydrogens (tertiary/aromatic N) is 3. The molecule has 28 heavy (non-hydrogen) atoms. The first-order chi connectivity index (χ1) is 13.1. The molecule has 6 nitrogen and oxygen atoms in total. The lowest BCUT2D eigenvalue weighted by Crippen LogP contribution is -2.40. The number of ether oxygens (including phenoxy) is 1. The van der Waals surface area contributed by atoms with E-state index in [0.717, 1.165) is 23.9 Å². The zero-order valence-corrected chi connectivity index (χ0v) is 15.3. The van der Waals surface area contributed by atoms with Crippen LogP contribution in [0.2, 0.25) is 0 Å². The first-order valence-electron chi connectivity index (χ1n) is 7.68. The van der Waals surface area contributed by atoms with E-state index in [9.17, 15) is 27.6 Å². The van der Waals surface area contributed by atoms with E-state index in [0.29, 0.717) is 4.90 Å². The Kier molecular flexibility index (Phi) is 6.82. The molecule has 2 rings (SSSR count). The summed E-state index contributed by atoms with van der Waals surface area (Å²) < 4.78 is 57.1. The molecule has 2 aromatic rings. The highest BCUT2D eigenvalue weighted by Gasteiger charge is 2.31. The molecule has 0 radical (unpaired) electrons. The fourth-order valence-electron chi connectivity index (χ4n) is 2.06. The van der Waals surface area contributed by atoms with Gasteiger partial charge in [-0.1, -0.05) is 11.8 Å². The van der Waals surface area contributed by atoms with E-state index in [1.165, 1.54) is 13.1 Å². The van der Waals surface area contributed by atoms with Crippen molar-refractivity contribution in [1.29, 1.82) is 5.26 Å². The molecule has 0 atom stereocenters. The number of carbonyl (C=O) groups is 1. The highest BCUT2D eigenvalue weighted by molar-refractivity contribution is 7.99. The van der Waals surface area contributed by atoms with Crippen molar-refractivity contribution in [2.24, 2.45) is 5.84 Å². The van der Waals surface area contributed by atoms with Crippen LogP contribution in [0, 0.1) is 17.1 Å². The normalized spacial score (nSPS) is 11.0. The van der Waals surface area contributed by atoms with Gasteiger partial charge in [0.15, 0.2) is 5.78 Å². The summed E-state index contributed by atoms with van der Waals surface area (Å²) in [4.78, 5) is 15.6. The zero-order chi connectivity index (χ0) is 20.9. The number of alkyl halides is 3. The second-order valence-corrected chi connectivity index (χ2v) is 6.64. The molecule has 0 saturated heterocycles. The second-order valence-electron chi connectivity index (χ2n) is 5.55. The summed E-state index contributed by atoms with van der Waals surface area (Å²) in [6.07, 6.45) is -3.22. The third-order valence-corrected chi connectivity index (χ3v) is 4.29. The van der Waals surface area contributed by atoms with Crippen LogP contribution in [-0.2, 0) is 4.79 Å². The van der Waals surface area contributed by atoms with Gasteiger partial charge >= 0.3 is 6.18 Å². The Balaban J connectivity index is 2.39. The predicted octanol–water partition coefficient (Wildman–Crippen LogP) is 3.45. The fraction of sp³-hybridized carbons (Fsp3) is 0.235. The van der Waals surface area contributed by atoms with E-state index in [-0.39, 0.29) is 33.7 Å². The lowest BCUT2D eigenvalue weighted by molar-refractivity contribution is -0.120. The number of hydrogen-bond acceptors (Lipinski definition) is 7. The Labute approximate surface area is 161 Å². The third-order valence-electron chi connectivity index (χ3n) is 3.20. The van der Waals surface area contributed by atoms with E-state index in [1.54, 1.807) is 18.2 Å². The first kappa shape index (κ1) is 21.5. The number of hydrogen-bond donors (Lipinski definition) is 1. The predicted molar refractivity (Wildman–Crippen MR) is 93.2 cm³/mol. The van der Waals surface area contributed by atoms with Gasteiger partial charge < -0.3 is 4.74 Å². The molecule has 11 heteroatoms. The number of nitriles is 1. The highest BCUT2D eigenvalue weighted by Crippen LogP contribution is 2.38. The van der Waals surface area contributed by atoms with E-state index in [4.69, 9.17) is 10.6 Å². The van der Waals surface area contributed by atoms with Crippen LogP contribution in [-0.4, -0.2) is 30.1 Å². The number of halogens is 4. The average molecular weight is 414 g/mol. The van der Waals surface area contributed by atoms with Crippen LogP contribution >= 0.6 is 11.8 Å². The smallest absolute Gasteiger partial charge is 0.407 e. The molecule has 0 saturated carbocycles. The average Bonchev–Trinajstić information content (AvgIpc) is 2.60. The molecule has 0 unspecified atom stereocenters. The number of Topliss-reactive ketones (excluding diaryl/α,β-unsaturated/α-hetero) is 1. The molecule has 0 spiro atoms. The van der Waals surface area contributed by atoms with Crippen LogP contribution in [0.5, 0.6) is 5.88 Å². The Morgan fingerprint density at radius 1 is 1.39 bits per heavy atom. The summed E-state index contributed by atoms with van der Waals surface area (Å²) >= 11 is 0.924. The molecule has 0 aliphatic heterocycles. The molecular formula is C17H14F4N4O2S. The molecule has 1 aromatic carbocycles. The minimum absolute atomic E-state index is 0.0948. The third kappa shape index (κ3) is 5.83. The van der Waals surface area contributed by atoms with Crippen molar-refractivity contribution in [2.45, 2.75) is 22.9 Å². The topological polar surface area (TPSA) is 92.2 Å². The van der Waals surface area contributed by atoms with Gasteiger partial charge in [0.25, 0.3) is 0 Å². The summed E-state index contributed by atoms with van der Waals surface area (Å²) in [6.45, 7) is -0.474. The van der Waals surface area contributed by atoms with Crippen molar-refractivity contribution in [3.05, 3.63) is 41.8 Å². The van der Waals surface area contributed by atoms with E-state index in [2.05, 4.69) is 4.98 Å². The quantitative estimate of drug-likeness (QED) is 0.421. The maximum Gasteiger partial charge on any atom is 0.407 e. The zero-order valence-electron chi connectivity index (χ0n) is 14.5. The Hall–Kier alpha value is -2.84. The van der Waals surface area contributed by atoms with E-state index < -0.39 is 24.2 Å². The van der Waals surface area contributed by atoms with Gasteiger partial charge in [0.1, 0.15) is 25.0 Å². The van der Waals surface area contributed by atoms with Crippen LogP contribution in [0.4, 0.5) is 23.2 Å². The van der Waals surface area contributed by atoms with Gasteiger partial charge in [-0.25, -0.2) is 15.2 Å². The van der Waals surface area contributed by atoms with Gasteiger partial charge in [0.2, 0.25) is 5.88 Å². The van der Waals surface area contributed by atoms with Crippen molar-refractivity contribution < 1.29 is 27.1 Å². The molecule has 0 bridgehead atoms. The number of anilines is 1. The fourth-order valence-corrected chi connectivity index (χ4v) is 3.03. The Morgan fingerprint density at radius 3 is 2.71 bits per heavy atom. The summed E-state index contributed by atoms with van der Waals surface area (Å²) in [5.74, 6) is 4.14.